The molecule has 0 bridgehead atoms. The fourth-order valence-electron chi connectivity index (χ4n) is 4.01. The van der Waals surface area contributed by atoms with E-state index in [1.165, 1.54) is 18.5 Å². The number of aliphatic hydroxyl groups is 1. The van der Waals surface area contributed by atoms with Gasteiger partial charge < -0.3 is 19.9 Å². The van der Waals surface area contributed by atoms with Gasteiger partial charge in [0.15, 0.2) is 0 Å². The van der Waals surface area contributed by atoms with E-state index in [9.17, 15) is 13.7 Å². The zero-order chi connectivity index (χ0) is 23.6. The molecule has 0 amide bonds. The predicted molar refractivity (Wildman–Crippen MR) is 132 cm³/mol. The lowest BCUT2D eigenvalue weighted by Gasteiger charge is -2.27. The number of fused-ring (bicyclic) bond motifs is 1. The van der Waals surface area contributed by atoms with Gasteiger partial charge in [-0.2, -0.15) is 0 Å². The van der Waals surface area contributed by atoms with Crippen molar-refractivity contribution in [2.75, 3.05) is 16.3 Å². The molecule has 9 heteroatoms. The molecule has 7 nitrogen and oxygen atoms in total. The Balaban J connectivity index is 1.66. The van der Waals surface area contributed by atoms with Crippen molar-refractivity contribution in [1.29, 1.82) is 0 Å². The molecule has 0 spiro atoms. The molecule has 1 aromatic heterocycles. The molecule has 3 N–H and O–H groups in total. The minimum atomic E-state index is -2.30. The number of benzene rings is 2. The van der Waals surface area contributed by atoms with Crippen LogP contribution in [0.4, 0.5) is 21.6 Å². The predicted octanol–water partition coefficient (Wildman–Crippen LogP) is 4.57. The summed E-state index contributed by atoms with van der Waals surface area (Å²) in [5, 5.41) is 15.5. The van der Waals surface area contributed by atoms with Crippen LogP contribution in [0.2, 0.25) is 0 Å². The molecule has 3 aromatic rings. The highest BCUT2D eigenvalue weighted by Gasteiger charge is 2.22. The Labute approximate surface area is 193 Å². The van der Waals surface area contributed by atoms with Crippen molar-refractivity contribution >= 4 is 43.2 Å². The number of anilines is 3. The number of hydrogen-bond donors (Lipinski definition) is 3. The Morgan fingerprint density at radius 1 is 1.18 bits per heavy atom. The van der Waals surface area contributed by atoms with Crippen molar-refractivity contribution < 1.29 is 18.4 Å². The lowest BCUT2D eigenvalue weighted by molar-refractivity contribution is 0.0668. The van der Waals surface area contributed by atoms with Crippen LogP contribution in [0.5, 0.6) is 5.75 Å². The largest absolute Gasteiger partial charge is 0.488 e. The Hall–Kier alpha value is -2.91. The summed E-state index contributed by atoms with van der Waals surface area (Å²) in [6, 6.07) is 8.10. The fraction of sp³-hybridized carbons (Fsp3) is 0.375. The number of ether oxygens (including phenoxy) is 1. The number of aliphatic hydroxyl groups excluding tert-OH is 1. The van der Waals surface area contributed by atoms with Gasteiger partial charge in [-0.05, 0) is 74.7 Å². The molecule has 1 saturated carbocycles. The van der Waals surface area contributed by atoms with Crippen LogP contribution in [-0.2, 0) is 9.71 Å². The third-order valence-electron chi connectivity index (χ3n) is 5.84. The van der Waals surface area contributed by atoms with Crippen LogP contribution in [0.15, 0.2) is 36.7 Å². The van der Waals surface area contributed by atoms with Crippen LogP contribution in [0.1, 0.15) is 38.2 Å². The first-order chi connectivity index (χ1) is 15.7. The van der Waals surface area contributed by atoms with Crippen LogP contribution in [0.3, 0.4) is 0 Å². The third-order valence-corrected chi connectivity index (χ3v) is 7.38. The van der Waals surface area contributed by atoms with Crippen LogP contribution in [0, 0.1) is 12.7 Å². The van der Waals surface area contributed by atoms with Gasteiger partial charge in [-0.15, -0.1) is 0 Å². The van der Waals surface area contributed by atoms with E-state index in [0.717, 1.165) is 23.8 Å². The molecular weight excluding hydrogens is 443 g/mol. The van der Waals surface area contributed by atoms with Crippen molar-refractivity contribution in [3.05, 3.63) is 48.0 Å². The van der Waals surface area contributed by atoms with E-state index in [-0.39, 0.29) is 18.0 Å². The third kappa shape index (κ3) is 5.54. The molecule has 1 unspecified atom stereocenters. The maximum absolute atomic E-state index is 14.0. The van der Waals surface area contributed by atoms with Crippen LogP contribution in [0.25, 0.3) is 10.9 Å². The minimum Gasteiger partial charge on any atom is -0.488 e. The standard InChI is InChI=1S/C24H29FN4O3S/c1-4-33(3,31)29-17-11-15(2)23-21(13-17)26-14-27-24(23)28-20-10-5-16(25)12-22(20)32-19-8-6-18(30)7-9-19/h4-5,10-14,18-19,30H,6-9H2,1-3H3,(H,29,31)(H,26,27,28). The molecule has 4 rings (SSSR count). The Morgan fingerprint density at radius 3 is 2.67 bits per heavy atom. The Bertz CT molecular complexity index is 1280. The van der Waals surface area contributed by atoms with E-state index in [1.54, 1.807) is 24.6 Å². The lowest BCUT2D eigenvalue weighted by Crippen LogP contribution is -2.26. The summed E-state index contributed by atoms with van der Waals surface area (Å²) in [7, 11) is -2.30. The Morgan fingerprint density at radius 2 is 1.94 bits per heavy atom. The first-order valence-corrected chi connectivity index (χ1v) is 13.0. The maximum atomic E-state index is 14.0. The van der Waals surface area contributed by atoms with Crippen LogP contribution in [-0.4, -0.2) is 43.1 Å². The molecule has 0 saturated heterocycles. The van der Waals surface area contributed by atoms with E-state index < -0.39 is 9.71 Å². The van der Waals surface area contributed by atoms with E-state index >= 15 is 0 Å². The maximum Gasteiger partial charge on any atom is 0.146 e. The van der Waals surface area contributed by atoms with Crippen molar-refractivity contribution in [3.63, 3.8) is 0 Å². The van der Waals surface area contributed by atoms with E-state index in [1.807, 2.05) is 19.1 Å². The molecule has 0 aliphatic heterocycles. The van der Waals surface area contributed by atoms with Crippen LogP contribution >= 0.6 is 0 Å². The second-order valence-corrected chi connectivity index (χ2v) is 10.9. The van der Waals surface area contributed by atoms with Crippen molar-refractivity contribution in [1.82, 2.24) is 9.97 Å². The highest BCUT2D eigenvalue weighted by Crippen LogP contribution is 2.35. The zero-order valence-electron chi connectivity index (χ0n) is 19.0. The van der Waals surface area contributed by atoms with Gasteiger partial charge in [-0.25, -0.2) is 18.6 Å². The topological polar surface area (TPSA) is 96.4 Å². The Kier molecular flexibility index (Phi) is 6.71. The second kappa shape index (κ2) is 9.52. The number of aryl methyl sites for hydroxylation is 1. The van der Waals surface area contributed by atoms with Gasteiger partial charge in [0.25, 0.3) is 0 Å². The lowest BCUT2D eigenvalue weighted by atomic mass is 9.95. The highest BCUT2D eigenvalue weighted by atomic mass is 32.2. The van der Waals surface area contributed by atoms with Gasteiger partial charge in [0, 0.05) is 33.1 Å². The van der Waals surface area contributed by atoms with Crippen molar-refractivity contribution in [2.24, 2.45) is 0 Å². The molecule has 1 aliphatic carbocycles. The van der Waals surface area contributed by atoms with Crippen molar-refractivity contribution in [3.8, 4) is 5.75 Å². The fourth-order valence-corrected chi connectivity index (χ4v) is 4.71. The van der Waals surface area contributed by atoms with Gasteiger partial charge in [-0.3, -0.25) is 0 Å². The molecule has 1 fully saturated rings. The van der Waals surface area contributed by atoms with Gasteiger partial charge in [0.2, 0.25) is 0 Å². The summed E-state index contributed by atoms with van der Waals surface area (Å²) >= 11 is 0. The number of nitrogens with zero attached hydrogens (tertiary/aromatic N) is 2. The van der Waals surface area contributed by atoms with Gasteiger partial charge >= 0.3 is 0 Å². The summed E-state index contributed by atoms with van der Waals surface area (Å²) in [5.41, 5.74) is 2.89. The quantitative estimate of drug-likeness (QED) is 0.455. The highest BCUT2D eigenvalue weighted by molar-refractivity contribution is 8.01. The normalized spacial score (nSPS) is 20.2. The summed E-state index contributed by atoms with van der Waals surface area (Å²) in [4.78, 5) is 8.81. The van der Waals surface area contributed by atoms with Gasteiger partial charge in [0.05, 0.1) is 23.4 Å². The number of rotatable bonds is 6. The number of nitrogens with one attached hydrogen (secondary N) is 2. The number of hydrogen-bond acceptors (Lipinski definition) is 6. The SMILES string of the molecule is CC=S(C)(=O)Nc1cc(C)c2c(Nc3ccc(F)cc3OC3CCC(O)CC3)ncnc2c1. The number of aromatic nitrogens is 2. The monoisotopic (exact) mass is 472 g/mol. The first kappa shape index (κ1) is 23.3. The smallest absolute Gasteiger partial charge is 0.146 e. The van der Waals surface area contributed by atoms with Crippen LogP contribution < -0.4 is 14.8 Å². The van der Waals surface area contributed by atoms with Gasteiger partial charge in [0.1, 0.15) is 23.7 Å². The molecule has 1 heterocycles. The minimum absolute atomic E-state index is 0.0764. The van der Waals surface area contributed by atoms with Gasteiger partial charge in [-0.1, -0.05) is 0 Å². The molecule has 1 atom stereocenters. The zero-order valence-corrected chi connectivity index (χ0v) is 19.8. The average molecular weight is 473 g/mol. The number of halogens is 1. The molecular formula is C24H29FN4O3S. The molecule has 1 aliphatic rings. The molecule has 0 radical (unpaired) electrons. The average Bonchev–Trinajstić information content (AvgIpc) is 2.77. The first-order valence-electron chi connectivity index (χ1n) is 11.0. The van der Waals surface area contributed by atoms with E-state index in [4.69, 9.17) is 4.74 Å². The summed E-state index contributed by atoms with van der Waals surface area (Å²) in [6.45, 7) is 3.69. The summed E-state index contributed by atoms with van der Waals surface area (Å²) < 4.78 is 35.6. The second-order valence-electron chi connectivity index (χ2n) is 8.47. The van der Waals surface area contributed by atoms with E-state index in [2.05, 4.69) is 20.0 Å². The van der Waals surface area contributed by atoms with E-state index in [0.29, 0.717) is 41.3 Å². The molecule has 33 heavy (non-hydrogen) atoms. The molecule has 176 valence electrons. The molecule has 2 aromatic carbocycles. The summed E-state index contributed by atoms with van der Waals surface area (Å²) in [6.07, 6.45) is 5.52. The summed E-state index contributed by atoms with van der Waals surface area (Å²) in [5.74, 6) is 0.587. The van der Waals surface area contributed by atoms with Crippen molar-refractivity contribution in [2.45, 2.75) is 51.7 Å².